The van der Waals surface area contributed by atoms with E-state index in [9.17, 15) is 26.0 Å². The molecule has 1 spiro atoms. The molecule has 0 unspecified atom stereocenters. The topological polar surface area (TPSA) is 70.7 Å². The number of alkyl halides is 3. The molecule has 2 aromatic rings. The number of halogens is 4. The van der Waals surface area contributed by atoms with E-state index in [2.05, 4.69) is 19.7 Å². The smallest absolute Gasteiger partial charge is 0.406 e. The van der Waals surface area contributed by atoms with Crippen LogP contribution in [-0.2, 0) is 16.6 Å². The fourth-order valence-corrected chi connectivity index (χ4v) is 5.36. The van der Waals surface area contributed by atoms with Crippen molar-refractivity contribution in [3.63, 3.8) is 0 Å². The van der Waals surface area contributed by atoms with Crippen molar-refractivity contribution >= 4 is 15.7 Å². The number of rotatable bonds is 3. The third-order valence-corrected chi connectivity index (χ3v) is 6.81. The number of ether oxygens (including phenoxy) is 1. The number of piperidine rings is 1. The van der Waals surface area contributed by atoms with Gasteiger partial charge in [0.05, 0.1) is 5.69 Å². The van der Waals surface area contributed by atoms with Gasteiger partial charge in [-0.05, 0) is 42.7 Å². The first-order chi connectivity index (χ1) is 14.1. The Hall–Kier alpha value is -2.37. The average Bonchev–Trinajstić information content (AvgIpc) is 2.65. The highest BCUT2D eigenvalue weighted by Gasteiger charge is 2.44. The molecule has 1 saturated heterocycles. The van der Waals surface area contributed by atoms with Gasteiger partial charge in [0, 0.05) is 19.6 Å². The molecule has 6 nitrogen and oxygen atoms in total. The number of sulfonamides is 1. The first kappa shape index (κ1) is 20.9. The van der Waals surface area contributed by atoms with Crippen LogP contribution in [0.5, 0.6) is 5.75 Å². The Kier molecular flexibility index (Phi) is 5.15. The average molecular weight is 445 g/mol. The molecule has 0 amide bonds. The lowest BCUT2D eigenvalue weighted by molar-refractivity contribution is -0.274. The summed E-state index contributed by atoms with van der Waals surface area (Å²) in [5, 5.41) is 3.03. The Balaban J connectivity index is 1.41. The van der Waals surface area contributed by atoms with Gasteiger partial charge in [-0.3, -0.25) is 4.90 Å². The van der Waals surface area contributed by atoms with Crippen LogP contribution in [0.3, 0.4) is 0 Å². The second-order valence-electron chi connectivity index (χ2n) is 7.39. The maximum Gasteiger partial charge on any atom is 0.573 e. The van der Waals surface area contributed by atoms with Gasteiger partial charge >= 0.3 is 6.36 Å². The molecule has 0 atom stereocenters. The fourth-order valence-electron chi connectivity index (χ4n) is 3.80. The summed E-state index contributed by atoms with van der Waals surface area (Å²) < 4.78 is 82.6. The van der Waals surface area contributed by atoms with Crippen molar-refractivity contribution in [2.24, 2.45) is 0 Å². The van der Waals surface area contributed by atoms with Crippen LogP contribution in [0.15, 0.2) is 47.4 Å². The summed E-state index contributed by atoms with van der Waals surface area (Å²) in [6.45, 7) is 1.51. The maximum absolute atomic E-state index is 14.2. The summed E-state index contributed by atoms with van der Waals surface area (Å²) in [6, 6.07) is 9.52. The molecule has 1 fully saturated rings. The van der Waals surface area contributed by atoms with Gasteiger partial charge in [0.25, 0.3) is 0 Å². The first-order valence-corrected chi connectivity index (χ1v) is 10.7. The number of para-hydroxylation sites is 1. The van der Waals surface area contributed by atoms with E-state index in [1.165, 1.54) is 30.3 Å². The number of nitrogens with zero attached hydrogens (tertiary/aromatic N) is 1. The van der Waals surface area contributed by atoms with Crippen molar-refractivity contribution in [3.05, 3.63) is 53.8 Å². The van der Waals surface area contributed by atoms with Crippen molar-refractivity contribution in [1.29, 1.82) is 0 Å². The second-order valence-corrected chi connectivity index (χ2v) is 9.04. The molecule has 2 aromatic carbocycles. The molecule has 2 heterocycles. The Labute approximate surface area is 170 Å². The summed E-state index contributed by atoms with van der Waals surface area (Å²) in [7, 11) is -3.85. The lowest BCUT2D eigenvalue weighted by Crippen LogP contribution is -2.62. The van der Waals surface area contributed by atoms with Crippen LogP contribution in [0.25, 0.3) is 0 Å². The number of hydrogen-bond donors (Lipinski definition) is 2. The fraction of sp³-hybridized carbons (Fsp3) is 0.368. The van der Waals surface area contributed by atoms with Crippen LogP contribution in [-0.4, -0.2) is 38.4 Å². The number of nitrogens with one attached hydrogen (secondary N) is 2. The minimum Gasteiger partial charge on any atom is -0.406 e. The standard InChI is InChI=1S/C19H19F4N3O3S/c20-15-2-1-3-16-17(15)24-18(25-30(16,27)28)8-10-26(11-9-18)12-13-4-6-14(7-5-13)29-19(21,22)23/h1-7,24-25H,8-12H2. The SMILES string of the molecule is O=S1(=O)NC2(CCN(Cc3ccc(OC(F)(F)F)cc3)CC2)Nc2c(F)cccc21. The predicted octanol–water partition coefficient (Wildman–Crippen LogP) is 3.42. The summed E-state index contributed by atoms with van der Waals surface area (Å²) in [5.74, 6) is -0.911. The predicted molar refractivity (Wildman–Crippen MR) is 101 cm³/mol. The molecule has 4 rings (SSSR count). The summed E-state index contributed by atoms with van der Waals surface area (Å²) in [5.41, 5.74) is -0.200. The first-order valence-electron chi connectivity index (χ1n) is 9.23. The number of fused-ring (bicyclic) bond motifs is 1. The molecule has 0 saturated carbocycles. The molecule has 0 aliphatic carbocycles. The molecule has 30 heavy (non-hydrogen) atoms. The molecule has 0 radical (unpaired) electrons. The highest BCUT2D eigenvalue weighted by atomic mass is 32.2. The number of anilines is 1. The number of benzene rings is 2. The molecule has 11 heteroatoms. The molecule has 2 aliphatic heterocycles. The number of likely N-dealkylation sites (tertiary alicyclic amines) is 1. The zero-order valence-electron chi connectivity index (χ0n) is 15.7. The van der Waals surface area contributed by atoms with Crippen LogP contribution in [0.1, 0.15) is 18.4 Å². The molecule has 2 N–H and O–H groups in total. The van der Waals surface area contributed by atoms with Crippen LogP contribution < -0.4 is 14.8 Å². The quantitative estimate of drug-likeness (QED) is 0.709. The normalized spacial score (nSPS) is 20.4. The van der Waals surface area contributed by atoms with E-state index in [0.29, 0.717) is 32.5 Å². The lowest BCUT2D eigenvalue weighted by atomic mass is 9.96. The van der Waals surface area contributed by atoms with Gasteiger partial charge in [-0.1, -0.05) is 18.2 Å². The molecule has 162 valence electrons. The third kappa shape index (κ3) is 4.37. The minimum absolute atomic E-state index is 0.0232. The van der Waals surface area contributed by atoms with Gasteiger partial charge in [0.1, 0.15) is 22.1 Å². The van der Waals surface area contributed by atoms with Gasteiger partial charge in [-0.15, -0.1) is 13.2 Å². The van der Waals surface area contributed by atoms with Crippen LogP contribution >= 0.6 is 0 Å². The molecule has 0 bridgehead atoms. The van der Waals surface area contributed by atoms with Crippen LogP contribution in [0.4, 0.5) is 23.2 Å². The summed E-state index contributed by atoms with van der Waals surface area (Å²) in [6.07, 6.45) is -3.94. The van der Waals surface area contributed by atoms with E-state index in [1.54, 1.807) is 12.1 Å². The van der Waals surface area contributed by atoms with E-state index in [4.69, 9.17) is 0 Å². The Morgan fingerprint density at radius 3 is 2.37 bits per heavy atom. The zero-order chi connectivity index (χ0) is 21.6. The lowest BCUT2D eigenvalue weighted by Gasteiger charge is -2.45. The molecule has 0 aromatic heterocycles. The van der Waals surface area contributed by atoms with E-state index in [0.717, 1.165) is 5.56 Å². The molecule has 2 aliphatic rings. The van der Waals surface area contributed by atoms with Crippen molar-refractivity contribution in [2.45, 2.75) is 36.3 Å². The van der Waals surface area contributed by atoms with E-state index < -0.39 is 27.9 Å². The highest BCUT2D eigenvalue weighted by Crippen LogP contribution is 2.36. The maximum atomic E-state index is 14.2. The Bertz CT molecular complexity index is 1030. The van der Waals surface area contributed by atoms with E-state index >= 15 is 0 Å². The van der Waals surface area contributed by atoms with E-state index in [1.807, 2.05) is 0 Å². The Morgan fingerprint density at radius 1 is 1.07 bits per heavy atom. The largest absolute Gasteiger partial charge is 0.573 e. The van der Waals surface area contributed by atoms with E-state index in [-0.39, 0.29) is 16.3 Å². The van der Waals surface area contributed by atoms with Crippen molar-refractivity contribution in [2.75, 3.05) is 18.4 Å². The minimum atomic E-state index is -4.73. The van der Waals surface area contributed by atoms with Gasteiger partial charge < -0.3 is 10.1 Å². The highest BCUT2D eigenvalue weighted by molar-refractivity contribution is 7.89. The molecular formula is C19H19F4N3O3S. The van der Waals surface area contributed by atoms with Gasteiger partial charge in [0.2, 0.25) is 10.0 Å². The number of hydrogen-bond acceptors (Lipinski definition) is 5. The Morgan fingerprint density at radius 2 is 1.73 bits per heavy atom. The summed E-state index contributed by atoms with van der Waals surface area (Å²) in [4.78, 5) is 1.94. The van der Waals surface area contributed by atoms with Gasteiger partial charge in [-0.25, -0.2) is 12.8 Å². The summed E-state index contributed by atoms with van der Waals surface area (Å²) >= 11 is 0. The second kappa shape index (κ2) is 7.40. The zero-order valence-corrected chi connectivity index (χ0v) is 16.5. The van der Waals surface area contributed by atoms with Gasteiger partial charge in [0.15, 0.2) is 0 Å². The third-order valence-electron chi connectivity index (χ3n) is 5.23. The van der Waals surface area contributed by atoms with Crippen molar-refractivity contribution in [3.8, 4) is 5.75 Å². The van der Waals surface area contributed by atoms with Gasteiger partial charge in [-0.2, -0.15) is 4.72 Å². The van der Waals surface area contributed by atoms with Crippen molar-refractivity contribution in [1.82, 2.24) is 9.62 Å². The molecular weight excluding hydrogens is 426 g/mol. The van der Waals surface area contributed by atoms with Crippen LogP contribution in [0.2, 0.25) is 0 Å². The van der Waals surface area contributed by atoms with Crippen molar-refractivity contribution < 1.29 is 30.7 Å². The van der Waals surface area contributed by atoms with Crippen LogP contribution in [0, 0.1) is 5.82 Å². The monoisotopic (exact) mass is 445 g/mol.